The van der Waals surface area contributed by atoms with Crippen LogP contribution in [-0.2, 0) is 0 Å². The van der Waals surface area contributed by atoms with Crippen molar-refractivity contribution in [3.8, 4) is 0 Å². The van der Waals surface area contributed by atoms with Crippen LogP contribution in [0, 0.1) is 0 Å². The zero-order valence-electron chi connectivity index (χ0n) is 11.3. The molecule has 100 valence electrons. The van der Waals surface area contributed by atoms with E-state index >= 15 is 0 Å². The van der Waals surface area contributed by atoms with E-state index in [0.717, 1.165) is 0 Å². The summed E-state index contributed by atoms with van der Waals surface area (Å²) in [5, 5.41) is 3.71. The molecule has 0 amide bonds. The van der Waals surface area contributed by atoms with Crippen LogP contribution in [0.3, 0.4) is 0 Å². The van der Waals surface area contributed by atoms with Crippen LogP contribution in [0.5, 0.6) is 0 Å². The fourth-order valence-corrected chi connectivity index (χ4v) is 4.15. The van der Waals surface area contributed by atoms with E-state index < -0.39 is 0 Å². The van der Waals surface area contributed by atoms with Gasteiger partial charge in [-0.15, -0.1) is 0 Å². The highest BCUT2D eigenvalue weighted by molar-refractivity contribution is 8.00. The third-order valence-electron chi connectivity index (χ3n) is 4.45. The van der Waals surface area contributed by atoms with Crippen molar-refractivity contribution in [1.82, 2.24) is 10.2 Å². The molecular weight excluding hydrogens is 228 g/mol. The van der Waals surface area contributed by atoms with Gasteiger partial charge in [-0.1, -0.05) is 19.3 Å². The lowest BCUT2D eigenvalue weighted by Crippen LogP contribution is -2.41. The van der Waals surface area contributed by atoms with Crippen LogP contribution < -0.4 is 5.32 Å². The largest absolute Gasteiger partial charge is 0.314 e. The SMILES string of the molecule is CSC1(CNCCN2CCCC2)CCCCC1. The molecule has 0 spiro atoms. The lowest BCUT2D eigenvalue weighted by molar-refractivity contribution is 0.323. The molecule has 0 aromatic carbocycles. The van der Waals surface area contributed by atoms with E-state index in [1.54, 1.807) is 0 Å². The molecule has 0 unspecified atom stereocenters. The van der Waals surface area contributed by atoms with Gasteiger partial charge >= 0.3 is 0 Å². The zero-order chi connectivity index (χ0) is 12.0. The summed E-state index contributed by atoms with van der Waals surface area (Å²) < 4.78 is 0.559. The van der Waals surface area contributed by atoms with Gasteiger partial charge < -0.3 is 10.2 Å². The summed E-state index contributed by atoms with van der Waals surface area (Å²) >= 11 is 2.10. The van der Waals surface area contributed by atoms with E-state index in [9.17, 15) is 0 Å². The second-order valence-corrected chi connectivity index (χ2v) is 6.95. The second kappa shape index (κ2) is 7.01. The number of hydrogen-bond acceptors (Lipinski definition) is 3. The number of likely N-dealkylation sites (tertiary alicyclic amines) is 1. The Labute approximate surface area is 111 Å². The summed E-state index contributed by atoms with van der Waals surface area (Å²) in [6.07, 6.45) is 12.3. The second-order valence-electron chi connectivity index (χ2n) is 5.67. The van der Waals surface area contributed by atoms with Crippen molar-refractivity contribution in [3.05, 3.63) is 0 Å². The van der Waals surface area contributed by atoms with Gasteiger partial charge in [0.15, 0.2) is 0 Å². The number of nitrogens with one attached hydrogen (secondary N) is 1. The minimum Gasteiger partial charge on any atom is -0.314 e. The summed E-state index contributed by atoms with van der Waals surface area (Å²) in [6, 6.07) is 0. The molecule has 0 atom stereocenters. The molecule has 1 aliphatic heterocycles. The van der Waals surface area contributed by atoms with Crippen molar-refractivity contribution in [1.29, 1.82) is 0 Å². The van der Waals surface area contributed by atoms with E-state index in [1.165, 1.54) is 77.7 Å². The van der Waals surface area contributed by atoms with Gasteiger partial charge in [0.2, 0.25) is 0 Å². The fraction of sp³-hybridized carbons (Fsp3) is 1.00. The van der Waals surface area contributed by atoms with Crippen LogP contribution in [0.25, 0.3) is 0 Å². The van der Waals surface area contributed by atoms with Gasteiger partial charge in [-0.05, 0) is 45.0 Å². The number of rotatable bonds is 6. The topological polar surface area (TPSA) is 15.3 Å². The molecule has 1 saturated carbocycles. The molecule has 1 N–H and O–H groups in total. The third-order valence-corrected chi connectivity index (χ3v) is 5.87. The Morgan fingerprint density at radius 1 is 1.06 bits per heavy atom. The molecule has 2 aliphatic rings. The molecule has 0 radical (unpaired) electrons. The Balaban J connectivity index is 1.61. The van der Waals surface area contributed by atoms with Crippen LogP contribution in [0.1, 0.15) is 44.9 Å². The van der Waals surface area contributed by atoms with Gasteiger partial charge in [-0.3, -0.25) is 0 Å². The molecule has 17 heavy (non-hydrogen) atoms. The monoisotopic (exact) mass is 256 g/mol. The first-order valence-electron chi connectivity index (χ1n) is 7.33. The Bertz CT molecular complexity index is 208. The summed E-state index contributed by atoms with van der Waals surface area (Å²) in [5.74, 6) is 0. The predicted octanol–water partition coefficient (Wildman–Crippen LogP) is 2.74. The van der Waals surface area contributed by atoms with Crippen LogP contribution in [0.15, 0.2) is 0 Å². The molecule has 2 fully saturated rings. The van der Waals surface area contributed by atoms with Crippen molar-refractivity contribution < 1.29 is 0 Å². The normalized spacial score (nSPS) is 25.2. The standard InChI is InChI=1S/C14H28N2S/c1-17-14(7-3-2-4-8-14)13-15-9-12-16-10-5-6-11-16/h15H,2-13H2,1H3. The molecule has 1 heterocycles. The maximum absolute atomic E-state index is 3.71. The van der Waals surface area contributed by atoms with Crippen LogP contribution in [0.4, 0.5) is 0 Å². The lowest BCUT2D eigenvalue weighted by atomic mass is 9.88. The predicted molar refractivity (Wildman–Crippen MR) is 77.9 cm³/mol. The van der Waals surface area contributed by atoms with Gasteiger partial charge in [0, 0.05) is 24.4 Å². The average molecular weight is 256 g/mol. The Morgan fingerprint density at radius 2 is 1.76 bits per heavy atom. The first kappa shape index (κ1) is 13.7. The van der Waals surface area contributed by atoms with E-state index in [-0.39, 0.29) is 0 Å². The average Bonchev–Trinajstić information content (AvgIpc) is 2.89. The maximum atomic E-state index is 3.71. The highest BCUT2D eigenvalue weighted by Crippen LogP contribution is 2.37. The lowest BCUT2D eigenvalue weighted by Gasteiger charge is -2.36. The number of thioether (sulfide) groups is 1. The van der Waals surface area contributed by atoms with Crippen LogP contribution in [-0.4, -0.2) is 48.6 Å². The van der Waals surface area contributed by atoms with Crippen molar-refractivity contribution in [2.24, 2.45) is 0 Å². The Kier molecular flexibility index (Phi) is 5.64. The molecule has 2 nitrogen and oxygen atoms in total. The van der Waals surface area contributed by atoms with Crippen LogP contribution in [0.2, 0.25) is 0 Å². The fourth-order valence-electron chi connectivity index (χ4n) is 3.21. The Morgan fingerprint density at radius 3 is 2.41 bits per heavy atom. The summed E-state index contributed by atoms with van der Waals surface area (Å²) in [4.78, 5) is 2.60. The quantitative estimate of drug-likeness (QED) is 0.736. The smallest absolute Gasteiger partial charge is 0.0281 e. The van der Waals surface area contributed by atoms with Crippen molar-refractivity contribution >= 4 is 11.8 Å². The van der Waals surface area contributed by atoms with Crippen LogP contribution >= 0.6 is 11.8 Å². The zero-order valence-corrected chi connectivity index (χ0v) is 12.2. The van der Waals surface area contributed by atoms with Gasteiger partial charge in [0.1, 0.15) is 0 Å². The van der Waals surface area contributed by atoms with Gasteiger partial charge in [-0.25, -0.2) is 0 Å². The van der Waals surface area contributed by atoms with Gasteiger partial charge in [-0.2, -0.15) is 11.8 Å². The molecule has 0 bridgehead atoms. The van der Waals surface area contributed by atoms with E-state index in [0.29, 0.717) is 4.75 Å². The highest BCUT2D eigenvalue weighted by atomic mass is 32.2. The molecule has 1 aliphatic carbocycles. The first-order chi connectivity index (χ1) is 8.35. The maximum Gasteiger partial charge on any atom is 0.0281 e. The summed E-state index contributed by atoms with van der Waals surface area (Å²) in [7, 11) is 0. The molecule has 0 aromatic rings. The third kappa shape index (κ3) is 4.15. The van der Waals surface area contributed by atoms with E-state index in [1.807, 2.05) is 0 Å². The first-order valence-corrected chi connectivity index (χ1v) is 8.55. The minimum atomic E-state index is 0.559. The highest BCUT2D eigenvalue weighted by Gasteiger charge is 2.30. The van der Waals surface area contributed by atoms with Gasteiger partial charge in [0.25, 0.3) is 0 Å². The van der Waals surface area contributed by atoms with Crippen molar-refractivity contribution in [3.63, 3.8) is 0 Å². The Hall–Kier alpha value is 0.270. The van der Waals surface area contributed by atoms with Crippen molar-refractivity contribution in [2.75, 3.05) is 39.0 Å². The van der Waals surface area contributed by atoms with E-state index in [2.05, 4.69) is 28.2 Å². The molecule has 3 heteroatoms. The summed E-state index contributed by atoms with van der Waals surface area (Å²) in [5.41, 5.74) is 0. The number of hydrogen-bond donors (Lipinski definition) is 1. The number of nitrogens with zero attached hydrogens (tertiary/aromatic N) is 1. The summed E-state index contributed by atoms with van der Waals surface area (Å²) in [6.45, 7) is 6.32. The van der Waals surface area contributed by atoms with Gasteiger partial charge in [0.05, 0.1) is 0 Å². The molecule has 0 aromatic heterocycles. The molecule has 1 saturated heterocycles. The minimum absolute atomic E-state index is 0.559. The van der Waals surface area contributed by atoms with E-state index in [4.69, 9.17) is 0 Å². The molecular formula is C14H28N2S. The molecule has 2 rings (SSSR count). The van der Waals surface area contributed by atoms with Crippen molar-refractivity contribution in [2.45, 2.75) is 49.7 Å².